The van der Waals surface area contributed by atoms with E-state index in [0.717, 1.165) is 25.9 Å². The summed E-state index contributed by atoms with van der Waals surface area (Å²) >= 11 is 0. The van der Waals surface area contributed by atoms with Crippen LogP contribution in [0.1, 0.15) is 24.0 Å². The van der Waals surface area contributed by atoms with Crippen LogP contribution < -0.4 is 5.32 Å². The van der Waals surface area contributed by atoms with E-state index in [2.05, 4.69) is 17.5 Å². The third-order valence-electron chi connectivity index (χ3n) is 2.81. The van der Waals surface area contributed by atoms with Gasteiger partial charge in [-0.2, -0.15) is 5.26 Å². The van der Waals surface area contributed by atoms with E-state index in [1.54, 1.807) is 6.26 Å². The summed E-state index contributed by atoms with van der Waals surface area (Å²) in [5, 5.41) is 12.1. The summed E-state index contributed by atoms with van der Waals surface area (Å²) in [6.45, 7) is 1.68. The molecule has 0 fully saturated rings. The first-order valence-electron chi connectivity index (χ1n) is 5.89. The van der Waals surface area contributed by atoms with Crippen LogP contribution in [0.25, 0.3) is 0 Å². The molecule has 0 radical (unpaired) electrons. The Balaban J connectivity index is 1.74. The van der Waals surface area contributed by atoms with Gasteiger partial charge in [-0.05, 0) is 36.6 Å². The van der Waals surface area contributed by atoms with Crippen LogP contribution in [-0.4, -0.2) is 12.6 Å². The fourth-order valence-electron chi connectivity index (χ4n) is 1.81. The maximum atomic E-state index is 8.69. The van der Waals surface area contributed by atoms with Crippen molar-refractivity contribution in [2.75, 3.05) is 6.54 Å². The van der Waals surface area contributed by atoms with Gasteiger partial charge in [-0.25, -0.2) is 0 Å². The van der Waals surface area contributed by atoms with Gasteiger partial charge in [0, 0.05) is 13.1 Å². The van der Waals surface area contributed by atoms with Gasteiger partial charge in [0.2, 0.25) is 0 Å². The van der Waals surface area contributed by atoms with E-state index in [0.29, 0.717) is 11.7 Å². The lowest BCUT2D eigenvalue weighted by atomic mass is 10.1. The van der Waals surface area contributed by atoms with E-state index >= 15 is 0 Å². The first-order chi connectivity index (χ1) is 8.38. The molecule has 17 heavy (non-hydrogen) atoms. The van der Waals surface area contributed by atoms with Gasteiger partial charge in [-0.3, -0.25) is 0 Å². The minimum atomic E-state index is 0.290. The largest absolute Gasteiger partial charge is 0.497 e. The highest BCUT2D eigenvalue weighted by Gasteiger charge is 2.09. The molecule has 0 amide bonds. The van der Waals surface area contributed by atoms with Crippen molar-refractivity contribution in [3.05, 3.63) is 47.7 Å². The number of nitrogens with one attached hydrogen (secondary N) is 1. The molecule has 1 aromatic carbocycles. The highest BCUT2D eigenvalue weighted by atomic mass is 16.5. The Hall–Kier alpha value is -1.79. The summed E-state index contributed by atoms with van der Waals surface area (Å²) < 4.78 is 5.47. The Morgan fingerprint density at radius 2 is 2.18 bits per heavy atom. The molecule has 0 bridgehead atoms. The fraction of sp³-hybridized carbons (Fsp3) is 0.357. The van der Waals surface area contributed by atoms with Gasteiger partial charge in [0.25, 0.3) is 0 Å². The van der Waals surface area contributed by atoms with Crippen molar-refractivity contribution >= 4 is 0 Å². The fourth-order valence-corrected chi connectivity index (χ4v) is 1.81. The molecular formula is C14H16N2O. The zero-order valence-electron chi connectivity index (χ0n) is 9.73. The number of ether oxygens (including phenoxy) is 1. The Labute approximate surface area is 102 Å². The summed E-state index contributed by atoms with van der Waals surface area (Å²) in [5.74, 6) is 0. The van der Waals surface area contributed by atoms with Crippen molar-refractivity contribution in [1.29, 1.82) is 5.26 Å². The minimum absolute atomic E-state index is 0.290. The minimum Gasteiger partial charge on any atom is -0.497 e. The van der Waals surface area contributed by atoms with Gasteiger partial charge < -0.3 is 10.1 Å². The van der Waals surface area contributed by atoms with E-state index < -0.39 is 0 Å². The molecule has 1 aliphatic heterocycles. The summed E-state index contributed by atoms with van der Waals surface area (Å²) in [7, 11) is 0. The SMILES string of the molecule is N#Cc1ccc(CNCC2CCC=CO2)cc1. The molecule has 0 saturated heterocycles. The number of allylic oxidation sites excluding steroid dienone is 1. The monoisotopic (exact) mass is 228 g/mol. The lowest BCUT2D eigenvalue weighted by Gasteiger charge is -2.19. The predicted octanol–water partition coefficient (Wildman–Crippen LogP) is 2.34. The Morgan fingerprint density at radius 1 is 1.35 bits per heavy atom. The Kier molecular flexibility index (Phi) is 4.17. The summed E-state index contributed by atoms with van der Waals surface area (Å²) in [4.78, 5) is 0. The molecule has 1 aliphatic rings. The lowest BCUT2D eigenvalue weighted by Crippen LogP contribution is -2.28. The number of nitrogens with zero attached hydrogens (tertiary/aromatic N) is 1. The van der Waals surface area contributed by atoms with Crippen molar-refractivity contribution < 1.29 is 4.74 Å². The molecule has 1 N–H and O–H groups in total. The second kappa shape index (κ2) is 6.07. The summed E-state index contributed by atoms with van der Waals surface area (Å²) in [6, 6.07) is 9.76. The van der Waals surface area contributed by atoms with Gasteiger partial charge in [-0.1, -0.05) is 12.1 Å². The van der Waals surface area contributed by atoms with Gasteiger partial charge in [-0.15, -0.1) is 0 Å². The van der Waals surface area contributed by atoms with Crippen molar-refractivity contribution in [3.8, 4) is 6.07 Å². The molecule has 0 spiro atoms. The molecule has 1 aromatic rings. The van der Waals surface area contributed by atoms with E-state index in [9.17, 15) is 0 Å². The molecule has 1 heterocycles. The van der Waals surface area contributed by atoms with Crippen molar-refractivity contribution in [2.24, 2.45) is 0 Å². The van der Waals surface area contributed by atoms with Crippen LogP contribution >= 0.6 is 0 Å². The summed E-state index contributed by atoms with van der Waals surface area (Å²) in [5.41, 5.74) is 1.89. The standard InChI is InChI=1S/C14H16N2O/c15-9-12-4-6-13(7-5-12)10-16-11-14-3-1-2-8-17-14/h2,4-8,14,16H,1,3,10-11H2. The van der Waals surface area contributed by atoms with Gasteiger partial charge in [0.15, 0.2) is 0 Å². The third-order valence-corrected chi connectivity index (χ3v) is 2.81. The van der Waals surface area contributed by atoms with E-state index in [4.69, 9.17) is 10.00 Å². The molecule has 0 aliphatic carbocycles. The van der Waals surface area contributed by atoms with Crippen molar-refractivity contribution in [1.82, 2.24) is 5.32 Å². The second-order valence-corrected chi connectivity index (χ2v) is 4.15. The highest BCUT2D eigenvalue weighted by Crippen LogP contribution is 2.09. The third kappa shape index (κ3) is 3.61. The number of hydrogen-bond donors (Lipinski definition) is 1. The summed E-state index contributed by atoms with van der Waals surface area (Å²) in [6.07, 6.45) is 6.31. The average molecular weight is 228 g/mol. The number of nitriles is 1. The molecule has 3 nitrogen and oxygen atoms in total. The Morgan fingerprint density at radius 3 is 2.82 bits per heavy atom. The van der Waals surface area contributed by atoms with Crippen LogP contribution in [0.5, 0.6) is 0 Å². The molecule has 1 unspecified atom stereocenters. The smallest absolute Gasteiger partial charge is 0.110 e. The molecule has 1 atom stereocenters. The van der Waals surface area contributed by atoms with Crippen LogP contribution in [0.3, 0.4) is 0 Å². The quantitative estimate of drug-likeness (QED) is 0.860. The van der Waals surface area contributed by atoms with E-state index in [1.807, 2.05) is 24.3 Å². The second-order valence-electron chi connectivity index (χ2n) is 4.15. The first-order valence-corrected chi connectivity index (χ1v) is 5.89. The van der Waals surface area contributed by atoms with Gasteiger partial charge >= 0.3 is 0 Å². The Bertz CT molecular complexity index is 417. The maximum absolute atomic E-state index is 8.69. The van der Waals surface area contributed by atoms with Crippen molar-refractivity contribution in [3.63, 3.8) is 0 Å². The molecule has 0 aromatic heterocycles. The van der Waals surface area contributed by atoms with Crippen LogP contribution in [0.2, 0.25) is 0 Å². The lowest BCUT2D eigenvalue weighted by molar-refractivity contribution is 0.122. The van der Waals surface area contributed by atoms with Gasteiger partial charge in [0.05, 0.1) is 17.9 Å². The zero-order chi connectivity index (χ0) is 11.9. The topological polar surface area (TPSA) is 45.0 Å². The molecule has 3 heteroatoms. The van der Waals surface area contributed by atoms with Crippen LogP contribution in [0, 0.1) is 11.3 Å². The molecular weight excluding hydrogens is 212 g/mol. The number of hydrogen-bond acceptors (Lipinski definition) is 3. The zero-order valence-corrected chi connectivity index (χ0v) is 9.73. The first kappa shape index (κ1) is 11.7. The number of rotatable bonds is 4. The van der Waals surface area contributed by atoms with E-state index in [1.165, 1.54) is 5.56 Å². The molecule has 88 valence electrons. The molecule has 0 saturated carbocycles. The van der Waals surface area contributed by atoms with E-state index in [-0.39, 0.29) is 0 Å². The van der Waals surface area contributed by atoms with Crippen LogP contribution in [0.15, 0.2) is 36.6 Å². The van der Waals surface area contributed by atoms with Crippen LogP contribution in [-0.2, 0) is 11.3 Å². The number of benzene rings is 1. The highest BCUT2D eigenvalue weighted by molar-refractivity contribution is 5.31. The van der Waals surface area contributed by atoms with Crippen molar-refractivity contribution in [2.45, 2.75) is 25.5 Å². The van der Waals surface area contributed by atoms with Crippen LogP contribution in [0.4, 0.5) is 0 Å². The average Bonchev–Trinajstić information content (AvgIpc) is 2.41. The normalized spacial score (nSPS) is 18.4. The predicted molar refractivity (Wildman–Crippen MR) is 66.1 cm³/mol. The molecule has 2 rings (SSSR count). The van der Waals surface area contributed by atoms with Gasteiger partial charge in [0.1, 0.15) is 6.10 Å². The maximum Gasteiger partial charge on any atom is 0.110 e.